The third-order valence-corrected chi connectivity index (χ3v) is 4.16. The van der Waals surface area contributed by atoms with E-state index in [1.807, 2.05) is 6.92 Å². The molecule has 0 saturated carbocycles. The van der Waals surface area contributed by atoms with Gasteiger partial charge in [0.1, 0.15) is 4.90 Å². The molecule has 0 fully saturated rings. The fraction of sp³-hybridized carbons (Fsp3) is 0.727. The van der Waals surface area contributed by atoms with Crippen molar-refractivity contribution in [1.29, 1.82) is 0 Å². The van der Waals surface area contributed by atoms with Gasteiger partial charge in [0.05, 0.1) is 5.60 Å². The fourth-order valence-corrected chi connectivity index (χ4v) is 2.66. The third-order valence-electron chi connectivity index (χ3n) is 2.74. The van der Waals surface area contributed by atoms with Gasteiger partial charge in [0.25, 0.3) is 0 Å². The highest BCUT2D eigenvalue weighted by Crippen LogP contribution is 2.17. The summed E-state index contributed by atoms with van der Waals surface area (Å²) in [6.07, 6.45) is 2.30. The van der Waals surface area contributed by atoms with Crippen LogP contribution in [0.25, 0.3) is 0 Å². The number of hydrogen-bond acceptors (Lipinski definition) is 5. The van der Waals surface area contributed by atoms with Gasteiger partial charge in [0, 0.05) is 26.4 Å². The number of methoxy groups -OCH3 is 1. The zero-order chi connectivity index (χ0) is 14.7. The molecule has 1 aromatic heterocycles. The fourth-order valence-electron chi connectivity index (χ4n) is 1.39. The van der Waals surface area contributed by atoms with Crippen LogP contribution < -0.4 is 10.5 Å². The number of hydrogen-bond donors (Lipinski definition) is 2. The molecule has 7 nitrogen and oxygen atoms in total. The van der Waals surface area contributed by atoms with Crippen LogP contribution in [-0.2, 0) is 21.3 Å². The molecule has 0 aromatic carbocycles. The van der Waals surface area contributed by atoms with E-state index in [0.717, 1.165) is 6.42 Å². The second-order valence-corrected chi connectivity index (χ2v) is 6.67. The van der Waals surface area contributed by atoms with E-state index in [9.17, 15) is 8.42 Å². The molecule has 8 heteroatoms. The normalized spacial score (nSPS) is 12.8. The summed E-state index contributed by atoms with van der Waals surface area (Å²) in [6, 6.07) is 0. The molecule has 1 rings (SSSR count). The lowest BCUT2D eigenvalue weighted by Crippen LogP contribution is -2.39. The van der Waals surface area contributed by atoms with Gasteiger partial charge in [-0.3, -0.25) is 4.68 Å². The number of nitrogens with one attached hydrogen (secondary N) is 1. The van der Waals surface area contributed by atoms with Crippen molar-refractivity contribution in [3.05, 3.63) is 6.20 Å². The zero-order valence-corrected chi connectivity index (χ0v) is 12.6. The van der Waals surface area contributed by atoms with Crippen LogP contribution in [-0.4, -0.2) is 37.5 Å². The van der Waals surface area contributed by atoms with Crippen molar-refractivity contribution in [1.82, 2.24) is 14.5 Å². The van der Waals surface area contributed by atoms with Crippen LogP contribution in [0, 0.1) is 0 Å². The predicted octanol–water partition coefficient (Wildman–Crippen LogP) is 0.579. The van der Waals surface area contributed by atoms with Gasteiger partial charge in [-0.2, -0.15) is 5.10 Å². The maximum atomic E-state index is 12.1. The maximum Gasteiger partial charge on any atom is 0.245 e. The summed E-state index contributed by atoms with van der Waals surface area (Å²) in [4.78, 5) is 0.00727. The van der Waals surface area contributed by atoms with Crippen molar-refractivity contribution < 1.29 is 13.2 Å². The Bertz CT molecular complexity index is 522. The first-order valence-electron chi connectivity index (χ1n) is 6.09. The minimum absolute atomic E-state index is 0.00727. The number of nitrogens with two attached hydrogens (primary N) is 1. The SMILES string of the molecule is CCCn1cc(S(=O)(=O)NCC(C)(C)OC)c(N)n1. The van der Waals surface area contributed by atoms with Crippen molar-refractivity contribution in [2.45, 2.75) is 44.2 Å². The Hall–Kier alpha value is -1.12. The Morgan fingerprint density at radius 3 is 2.68 bits per heavy atom. The molecular formula is C11H22N4O3S. The average Bonchev–Trinajstić information content (AvgIpc) is 2.70. The van der Waals surface area contributed by atoms with E-state index in [-0.39, 0.29) is 17.3 Å². The van der Waals surface area contributed by atoms with E-state index in [1.165, 1.54) is 18.0 Å². The highest BCUT2D eigenvalue weighted by Gasteiger charge is 2.25. The lowest BCUT2D eigenvalue weighted by molar-refractivity contribution is 0.0276. The van der Waals surface area contributed by atoms with Crippen LogP contribution in [0.15, 0.2) is 11.1 Å². The Kier molecular flexibility index (Phi) is 4.94. The lowest BCUT2D eigenvalue weighted by atomic mass is 10.1. The number of aromatic nitrogens is 2. The molecule has 0 saturated heterocycles. The first-order valence-corrected chi connectivity index (χ1v) is 7.58. The van der Waals surface area contributed by atoms with Crippen LogP contribution in [0.1, 0.15) is 27.2 Å². The molecule has 0 spiro atoms. The number of nitrogen functional groups attached to an aromatic ring is 1. The van der Waals surface area contributed by atoms with Gasteiger partial charge in [0.15, 0.2) is 5.82 Å². The van der Waals surface area contributed by atoms with Crippen molar-refractivity contribution in [2.24, 2.45) is 0 Å². The second kappa shape index (κ2) is 5.89. The van der Waals surface area contributed by atoms with Gasteiger partial charge >= 0.3 is 0 Å². The number of rotatable bonds is 7. The molecule has 0 aliphatic heterocycles. The van der Waals surface area contributed by atoms with Crippen LogP contribution in [0.3, 0.4) is 0 Å². The van der Waals surface area contributed by atoms with Gasteiger partial charge in [-0.25, -0.2) is 13.1 Å². The Labute approximate surface area is 114 Å². The minimum atomic E-state index is -3.67. The van der Waals surface area contributed by atoms with E-state index in [2.05, 4.69) is 9.82 Å². The molecule has 3 N–H and O–H groups in total. The Morgan fingerprint density at radius 1 is 1.53 bits per heavy atom. The zero-order valence-electron chi connectivity index (χ0n) is 11.8. The summed E-state index contributed by atoms with van der Waals surface area (Å²) in [5.41, 5.74) is 5.07. The van der Waals surface area contributed by atoms with E-state index >= 15 is 0 Å². The topological polar surface area (TPSA) is 99.2 Å². The third kappa shape index (κ3) is 4.19. The number of nitrogens with zero attached hydrogens (tertiary/aromatic N) is 2. The van der Waals surface area contributed by atoms with Crippen molar-refractivity contribution in [3.63, 3.8) is 0 Å². The van der Waals surface area contributed by atoms with Gasteiger partial charge in [-0.05, 0) is 20.3 Å². The number of anilines is 1. The summed E-state index contributed by atoms with van der Waals surface area (Å²) in [7, 11) is -2.14. The molecule has 110 valence electrons. The van der Waals surface area contributed by atoms with Crippen molar-refractivity contribution >= 4 is 15.8 Å². The lowest BCUT2D eigenvalue weighted by Gasteiger charge is -2.22. The van der Waals surface area contributed by atoms with Crippen LogP contribution in [0.4, 0.5) is 5.82 Å². The van der Waals surface area contributed by atoms with E-state index in [4.69, 9.17) is 10.5 Å². The summed E-state index contributed by atoms with van der Waals surface area (Å²) in [5.74, 6) is 0.0103. The van der Waals surface area contributed by atoms with E-state index in [0.29, 0.717) is 6.54 Å². The molecular weight excluding hydrogens is 268 g/mol. The van der Waals surface area contributed by atoms with Gasteiger partial charge in [-0.1, -0.05) is 6.92 Å². The van der Waals surface area contributed by atoms with Crippen molar-refractivity contribution in [3.8, 4) is 0 Å². The summed E-state index contributed by atoms with van der Waals surface area (Å²) < 4.78 is 33.4. The van der Waals surface area contributed by atoms with Gasteiger partial charge in [0.2, 0.25) is 10.0 Å². The van der Waals surface area contributed by atoms with Gasteiger partial charge in [-0.15, -0.1) is 0 Å². The first-order chi connectivity index (χ1) is 8.72. The molecule has 0 atom stereocenters. The largest absolute Gasteiger partial charge is 0.381 e. The second-order valence-electron chi connectivity index (χ2n) is 4.93. The molecule has 0 unspecified atom stereocenters. The quantitative estimate of drug-likeness (QED) is 0.765. The number of aryl methyl sites for hydroxylation is 1. The highest BCUT2D eigenvalue weighted by atomic mass is 32.2. The van der Waals surface area contributed by atoms with Crippen LogP contribution in [0.2, 0.25) is 0 Å². The molecule has 1 aromatic rings. The molecule has 0 aliphatic carbocycles. The van der Waals surface area contributed by atoms with Gasteiger partial charge < -0.3 is 10.5 Å². The molecule has 1 heterocycles. The summed E-state index contributed by atoms with van der Waals surface area (Å²) in [6.45, 7) is 6.34. The Morgan fingerprint density at radius 2 is 2.16 bits per heavy atom. The van der Waals surface area contributed by atoms with Crippen LogP contribution >= 0.6 is 0 Å². The molecule has 19 heavy (non-hydrogen) atoms. The first kappa shape index (κ1) is 15.9. The summed E-state index contributed by atoms with van der Waals surface area (Å²) in [5, 5.41) is 3.98. The molecule has 0 amide bonds. The summed E-state index contributed by atoms with van der Waals surface area (Å²) >= 11 is 0. The highest BCUT2D eigenvalue weighted by molar-refractivity contribution is 7.89. The van der Waals surface area contributed by atoms with Crippen LogP contribution in [0.5, 0.6) is 0 Å². The Balaban J connectivity index is 2.88. The monoisotopic (exact) mass is 290 g/mol. The molecule has 0 bridgehead atoms. The average molecular weight is 290 g/mol. The predicted molar refractivity (Wildman–Crippen MR) is 73.2 cm³/mol. The smallest absolute Gasteiger partial charge is 0.245 e. The maximum absolute atomic E-state index is 12.1. The standard InChI is InChI=1S/C11H22N4O3S/c1-5-6-15-7-9(10(12)14-15)19(16,17)13-8-11(2,3)18-4/h7,13H,5-6,8H2,1-4H3,(H2,12,14). The van der Waals surface area contributed by atoms with E-state index in [1.54, 1.807) is 13.8 Å². The number of sulfonamides is 1. The molecule has 0 aliphatic rings. The molecule has 0 radical (unpaired) electrons. The van der Waals surface area contributed by atoms with E-state index < -0.39 is 15.6 Å². The number of ether oxygens (including phenoxy) is 1. The minimum Gasteiger partial charge on any atom is -0.381 e. The van der Waals surface area contributed by atoms with Crippen molar-refractivity contribution in [2.75, 3.05) is 19.4 Å².